The van der Waals surface area contributed by atoms with Crippen LogP contribution in [0.2, 0.25) is 0 Å². The minimum absolute atomic E-state index is 0.938. The number of anilines is 3. The molecule has 216 valence electrons. The number of aromatic nitrogens is 2. The number of fused-ring (bicyclic) bond motifs is 5. The smallest absolute Gasteiger partial charge is 0.145 e. The molecule has 1 aromatic heterocycles. The van der Waals surface area contributed by atoms with E-state index in [9.17, 15) is 0 Å². The van der Waals surface area contributed by atoms with Crippen molar-refractivity contribution >= 4 is 28.1 Å². The summed E-state index contributed by atoms with van der Waals surface area (Å²) in [6.07, 6.45) is 0. The second-order valence-electron chi connectivity index (χ2n) is 11.6. The van der Waals surface area contributed by atoms with Crippen molar-refractivity contribution in [3.63, 3.8) is 0 Å². The first-order valence-electron chi connectivity index (χ1n) is 15.7. The first kappa shape index (κ1) is 26.2. The summed E-state index contributed by atoms with van der Waals surface area (Å²) in [5, 5.41) is 0. The molecule has 7 aromatic carbocycles. The lowest BCUT2D eigenvalue weighted by molar-refractivity contribution is 1.11. The van der Waals surface area contributed by atoms with Crippen molar-refractivity contribution < 1.29 is 0 Å². The molecule has 3 heteroatoms. The Kier molecular flexibility index (Phi) is 6.14. The highest BCUT2D eigenvalue weighted by atomic mass is 15.1. The molecule has 0 fully saturated rings. The van der Waals surface area contributed by atoms with Crippen molar-refractivity contribution in [2.45, 2.75) is 0 Å². The van der Waals surface area contributed by atoms with Crippen LogP contribution in [0.15, 0.2) is 176 Å². The van der Waals surface area contributed by atoms with Gasteiger partial charge in [-0.05, 0) is 82.9 Å². The summed E-state index contributed by atoms with van der Waals surface area (Å²) in [6, 6.07) is 62.5. The molecule has 0 amide bonds. The summed E-state index contributed by atoms with van der Waals surface area (Å²) in [5.41, 5.74) is 14.9. The van der Waals surface area contributed by atoms with Gasteiger partial charge in [0.2, 0.25) is 0 Å². The average Bonchev–Trinajstić information content (AvgIpc) is 3.47. The van der Waals surface area contributed by atoms with Crippen molar-refractivity contribution in [2.24, 2.45) is 0 Å². The van der Waals surface area contributed by atoms with Gasteiger partial charge in [0.1, 0.15) is 5.82 Å². The van der Waals surface area contributed by atoms with E-state index < -0.39 is 0 Å². The third kappa shape index (κ3) is 4.25. The fraction of sp³-hybridized carbons (Fsp3) is 0. The molecule has 0 radical (unpaired) electrons. The SMILES string of the molecule is c1ccc(-c2ccc(N(c3ccccc3)c3ccc(-c4nc5cccc6c5n4-c4ccccc4-c4ccccc4-6)cc3)cc2)cc1. The Morgan fingerprint density at radius 1 is 0.370 bits per heavy atom. The van der Waals surface area contributed by atoms with Gasteiger partial charge in [-0.15, -0.1) is 0 Å². The number of para-hydroxylation sites is 3. The van der Waals surface area contributed by atoms with Crippen molar-refractivity contribution in [1.29, 1.82) is 0 Å². The first-order valence-corrected chi connectivity index (χ1v) is 15.7. The van der Waals surface area contributed by atoms with Crippen LogP contribution >= 0.6 is 0 Å². The van der Waals surface area contributed by atoms with Gasteiger partial charge in [0.25, 0.3) is 0 Å². The quantitative estimate of drug-likeness (QED) is 0.200. The molecule has 0 atom stereocenters. The Morgan fingerprint density at radius 3 is 1.57 bits per heavy atom. The molecule has 1 aliphatic heterocycles. The predicted molar refractivity (Wildman–Crippen MR) is 191 cm³/mol. The Balaban J connectivity index is 1.17. The number of imidazole rings is 1. The summed E-state index contributed by atoms with van der Waals surface area (Å²) in [5.74, 6) is 0.938. The minimum Gasteiger partial charge on any atom is -0.311 e. The average molecular weight is 588 g/mol. The standard InChI is InChI=1S/C43H29N3/c1-3-12-30(13-4-1)31-22-26-34(27-23-31)45(33-14-5-2-6-15-33)35-28-24-32(25-29-35)43-44-40-20-11-19-39-37-17-8-7-16-36(37)38-18-9-10-21-41(38)46(43)42(39)40/h1-29H. The van der Waals surface area contributed by atoms with E-state index >= 15 is 0 Å². The van der Waals surface area contributed by atoms with Gasteiger partial charge in [0.05, 0.1) is 16.7 Å². The number of hydrogen-bond donors (Lipinski definition) is 0. The molecule has 0 spiro atoms. The van der Waals surface area contributed by atoms with E-state index in [2.05, 4.69) is 185 Å². The van der Waals surface area contributed by atoms with E-state index in [4.69, 9.17) is 4.98 Å². The van der Waals surface area contributed by atoms with Crippen LogP contribution in [0, 0.1) is 0 Å². The number of rotatable bonds is 5. The Hall–Kier alpha value is -6.19. The fourth-order valence-corrected chi connectivity index (χ4v) is 6.84. The van der Waals surface area contributed by atoms with Crippen LogP contribution in [0.4, 0.5) is 17.1 Å². The van der Waals surface area contributed by atoms with Crippen LogP contribution in [-0.2, 0) is 0 Å². The summed E-state index contributed by atoms with van der Waals surface area (Å²) >= 11 is 0. The lowest BCUT2D eigenvalue weighted by atomic mass is 9.94. The Bertz CT molecular complexity index is 2340. The lowest BCUT2D eigenvalue weighted by Gasteiger charge is -2.26. The van der Waals surface area contributed by atoms with E-state index in [0.29, 0.717) is 0 Å². The zero-order chi connectivity index (χ0) is 30.5. The van der Waals surface area contributed by atoms with Crippen LogP contribution in [0.5, 0.6) is 0 Å². The van der Waals surface area contributed by atoms with Crippen LogP contribution in [-0.4, -0.2) is 9.55 Å². The largest absolute Gasteiger partial charge is 0.311 e. The number of hydrogen-bond acceptors (Lipinski definition) is 2. The molecule has 9 rings (SSSR count). The minimum atomic E-state index is 0.938. The molecule has 1 aliphatic rings. The summed E-state index contributed by atoms with van der Waals surface area (Å²) in [4.78, 5) is 7.55. The first-order chi connectivity index (χ1) is 22.8. The van der Waals surface area contributed by atoms with Crippen LogP contribution in [0.25, 0.3) is 61.5 Å². The van der Waals surface area contributed by atoms with Crippen molar-refractivity contribution in [1.82, 2.24) is 9.55 Å². The fourth-order valence-electron chi connectivity index (χ4n) is 6.84. The van der Waals surface area contributed by atoms with Gasteiger partial charge >= 0.3 is 0 Å². The topological polar surface area (TPSA) is 21.1 Å². The van der Waals surface area contributed by atoms with Gasteiger partial charge in [-0.3, -0.25) is 4.57 Å². The highest BCUT2D eigenvalue weighted by Crippen LogP contribution is 2.45. The van der Waals surface area contributed by atoms with Gasteiger partial charge in [0.15, 0.2) is 0 Å². The van der Waals surface area contributed by atoms with E-state index in [1.165, 1.54) is 33.4 Å². The predicted octanol–water partition coefficient (Wildman–Crippen LogP) is 11.5. The molecular formula is C43H29N3. The molecule has 0 saturated heterocycles. The molecule has 0 aliphatic carbocycles. The molecule has 8 aromatic rings. The van der Waals surface area contributed by atoms with Crippen molar-refractivity contribution in [2.75, 3.05) is 4.90 Å². The molecule has 46 heavy (non-hydrogen) atoms. The molecule has 0 bridgehead atoms. The molecule has 2 heterocycles. The van der Waals surface area contributed by atoms with E-state index in [1.807, 2.05) is 0 Å². The summed E-state index contributed by atoms with van der Waals surface area (Å²) in [6.45, 7) is 0. The monoisotopic (exact) mass is 587 g/mol. The van der Waals surface area contributed by atoms with E-state index in [1.54, 1.807) is 0 Å². The normalized spacial score (nSPS) is 11.5. The molecule has 0 saturated carbocycles. The van der Waals surface area contributed by atoms with Gasteiger partial charge in [-0.25, -0.2) is 4.98 Å². The van der Waals surface area contributed by atoms with Crippen LogP contribution in [0.1, 0.15) is 0 Å². The third-order valence-corrected chi connectivity index (χ3v) is 8.96. The maximum atomic E-state index is 5.25. The molecule has 0 unspecified atom stereocenters. The zero-order valence-corrected chi connectivity index (χ0v) is 25.1. The molecule has 3 nitrogen and oxygen atoms in total. The Labute approximate surface area is 268 Å². The van der Waals surface area contributed by atoms with Crippen molar-refractivity contribution in [3.05, 3.63) is 176 Å². The van der Waals surface area contributed by atoms with Crippen molar-refractivity contribution in [3.8, 4) is 50.5 Å². The highest BCUT2D eigenvalue weighted by Gasteiger charge is 2.25. The summed E-state index contributed by atoms with van der Waals surface area (Å²) < 4.78 is 2.35. The van der Waals surface area contributed by atoms with Crippen LogP contribution < -0.4 is 4.90 Å². The van der Waals surface area contributed by atoms with Gasteiger partial charge in [-0.2, -0.15) is 0 Å². The van der Waals surface area contributed by atoms with E-state index in [-0.39, 0.29) is 0 Å². The second kappa shape index (κ2) is 10.8. The Morgan fingerprint density at radius 2 is 0.870 bits per heavy atom. The highest BCUT2D eigenvalue weighted by molar-refractivity contribution is 6.03. The zero-order valence-electron chi connectivity index (χ0n) is 25.1. The third-order valence-electron chi connectivity index (χ3n) is 8.96. The van der Waals surface area contributed by atoms with Gasteiger partial charge in [0, 0.05) is 33.8 Å². The number of nitrogens with zero attached hydrogens (tertiary/aromatic N) is 3. The molecule has 0 N–H and O–H groups in total. The van der Waals surface area contributed by atoms with Gasteiger partial charge in [-0.1, -0.05) is 115 Å². The lowest BCUT2D eigenvalue weighted by Crippen LogP contribution is -2.09. The molecular weight excluding hydrogens is 558 g/mol. The maximum absolute atomic E-state index is 5.25. The summed E-state index contributed by atoms with van der Waals surface area (Å²) in [7, 11) is 0. The van der Waals surface area contributed by atoms with Crippen LogP contribution in [0.3, 0.4) is 0 Å². The van der Waals surface area contributed by atoms with E-state index in [0.717, 1.165) is 45.2 Å². The van der Waals surface area contributed by atoms with Gasteiger partial charge < -0.3 is 4.90 Å². The second-order valence-corrected chi connectivity index (χ2v) is 11.6. The number of benzene rings is 7. The maximum Gasteiger partial charge on any atom is 0.145 e.